The second-order valence-corrected chi connectivity index (χ2v) is 4.83. The average Bonchev–Trinajstić information content (AvgIpc) is 2.70. The van der Waals surface area contributed by atoms with E-state index in [9.17, 15) is 0 Å². The van der Waals surface area contributed by atoms with Crippen LogP contribution in [0, 0.1) is 0 Å². The number of aromatic nitrogens is 3. The van der Waals surface area contributed by atoms with E-state index in [0.717, 1.165) is 21.2 Å². The Morgan fingerprint density at radius 3 is 2.65 bits per heavy atom. The highest BCUT2D eigenvalue weighted by Crippen LogP contribution is 2.25. The monoisotopic (exact) mass is 307 g/mol. The predicted molar refractivity (Wildman–Crippen MR) is 71.1 cm³/mol. The van der Waals surface area contributed by atoms with Crippen LogP contribution in [0.3, 0.4) is 0 Å². The second kappa shape index (κ2) is 4.13. The fourth-order valence-electron chi connectivity index (χ4n) is 1.73. The molecule has 0 saturated heterocycles. The maximum absolute atomic E-state index is 5.82. The Morgan fingerprint density at radius 2 is 1.88 bits per heavy atom. The molecule has 5 heteroatoms. The third-order valence-electron chi connectivity index (χ3n) is 2.49. The molecule has 0 unspecified atom stereocenters. The lowest BCUT2D eigenvalue weighted by atomic mass is 10.1. The molecule has 2 aromatic heterocycles. The molecule has 17 heavy (non-hydrogen) atoms. The minimum Gasteiger partial charge on any atom is -0.219 e. The van der Waals surface area contributed by atoms with Crippen LogP contribution in [0.2, 0.25) is 5.28 Å². The first-order chi connectivity index (χ1) is 8.24. The van der Waals surface area contributed by atoms with Crippen LogP contribution in [-0.4, -0.2) is 14.6 Å². The Balaban J connectivity index is 2.26. The minimum atomic E-state index is 0.259. The molecule has 0 aliphatic heterocycles. The summed E-state index contributed by atoms with van der Waals surface area (Å²) in [6, 6.07) is 12.0. The lowest BCUT2D eigenvalue weighted by Gasteiger charge is -2.02. The Bertz CT molecular complexity index is 676. The van der Waals surface area contributed by atoms with Gasteiger partial charge < -0.3 is 0 Å². The zero-order valence-corrected chi connectivity index (χ0v) is 11.0. The number of hydrogen-bond donors (Lipinski definition) is 0. The van der Waals surface area contributed by atoms with Gasteiger partial charge in [-0.05, 0) is 41.4 Å². The summed E-state index contributed by atoms with van der Waals surface area (Å²) in [6.45, 7) is 0. The Kier molecular flexibility index (Phi) is 2.61. The van der Waals surface area contributed by atoms with Crippen molar-refractivity contribution in [3.63, 3.8) is 0 Å². The number of rotatable bonds is 1. The van der Waals surface area contributed by atoms with Gasteiger partial charge in [-0.3, -0.25) is 0 Å². The van der Waals surface area contributed by atoms with Crippen LogP contribution in [0.25, 0.3) is 16.8 Å². The van der Waals surface area contributed by atoms with Gasteiger partial charge in [0.2, 0.25) is 5.28 Å². The maximum Gasteiger partial charge on any atom is 0.243 e. The van der Waals surface area contributed by atoms with E-state index < -0.39 is 0 Å². The molecule has 84 valence electrons. The molecular weight excluding hydrogens is 302 g/mol. The fourth-order valence-corrected chi connectivity index (χ4v) is 2.16. The summed E-state index contributed by atoms with van der Waals surface area (Å²) < 4.78 is 2.73. The van der Waals surface area contributed by atoms with Crippen molar-refractivity contribution in [2.45, 2.75) is 0 Å². The van der Waals surface area contributed by atoms with Crippen LogP contribution in [0.1, 0.15) is 0 Å². The summed E-state index contributed by atoms with van der Waals surface area (Å²) in [6.07, 6.45) is 1.83. The van der Waals surface area contributed by atoms with Crippen molar-refractivity contribution in [1.82, 2.24) is 14.6 Å². The number of fused-ring (bicyclic) bond motifs is 1. The summed E-state index contributed by atoms with van der Waals surface area (Å²) in [5, 5.41) is 4.34. The smallest absolute Gasteiger partial charge is 0.219 e. The molecule has 0 amide bonds. The van der Waals surface area contributed by atoms with Crippen LogP contribution >= 0.6 is 27.5 Å². The van der Waals surface area contributed by atoms with Gasteiger partial charge in [-0.25, -0.2) is 4.52 Å². The van der Waals surface area contributed by atoms with E-state index in [-0.39, 0.29) is 5.28 Å². The van der Waals surface area contributed by atoms with Gasteiger partial charge in [-0.1, -0.05) is 28.1 Å². The van der Waals surface area contributed by atoms with Crippen molar-refractivity contribution in [3.8, 4) is 11.1 Å². The first kappa shape index (κ1) is 10.7. The van der Waals surface area contributed by atoms with E-state index >= 15 is 0 Å². The van der Waals surface area contributed by atoms with E-state index in [0.29, 0.717) is 0 Å². The van der Waals surface area contributed by atoms with Crippen molar-refractivity contribution in [2.24, 2.45) is 0 Å². The molecule has 0 atom stereocenters. The summed E-state index contributed by atoms with van der Waals surface area (Å²) in [4.78, 5) is 4.22. The van der Waals surface area contributed by atoms with Crippen LogP contribution in [0.15, 0.2) is 47.1 Å². The van der Waals surface area contributed by atoms with Gasteiger partial charge in [-0.15, -0.1) is 5.10 Å². The third-order valence-corrected chi connectivity index (χ3v) is 3.18. The lowest BCUT2D eigenvalue weighted by molar-refractivity contribution is 0.962. The molecular formula is C12H7BrClN3. The van der Waals surface area contributed by atoms with Crippen LogP contribution < -0.4 is 0 Å². The van der Waals surface area contributed by atoms with Crippen LogP contribution in [0.4, 0.5) is 0 Å². The van der Waals surface area contributed by atoms with Crippen molar-refractivity contribution in [3.05, 3.63) is 52.4 Å². The minimum absolute atomic E-state index is 0.259. The highest BCUT2D eigenvalue weighted by Gasteiger charge is 2.07. The molecule has 3 nitrogen and oxygen atoms in total. The molecule has 0 aliphatic rings. The van der Waals surface area contributed by atoms with E-state index in [1.165, 1.54) is 0 Å². The molecule has 0 spiro atoms. The molecule has 0 aliphatic carbocycles. The Morgan fingerprint density at radius 1 is 1.12 bits per heavy atom. The highest BCUT2D eigenvalue weighted by molar-refractivity contribution is 9.10. The van der Waals surface area contributed by atoms with Gasteiger partial charge in [0, 0.05) is 16.2 Å². The molecule has 0 radical (unpaired) electrons. The molecule has 1 aromatic carbocycles. The molecule has 0 bridgehead atoms. The lowest BCUT2D eigenvalue weighted by Crippen LogP contribution is -1.89. The van der Waals surface area contributed by atoms with E-state index in [1.807, 2.05) is 42.6 Å². The van der Waals surface area contributed by atoms with Crippen molar-refractivity contribution < 1.29 is 0 Å². The van der Waals surface area contributed by atoms with Crippen molar-refractivity contribution >= 4 is 33.2 Å². The third kappa shape index (κ3) is 1.94. The van der Waals surface area contributed by atoms with Gasteiger partial charge in [-0.2, -0.15) is 4.98 Å². The first-order valence-electron chi connectivity index (χ1n) is 5.01. The van der Waals surface area contributed by atoms with E-state index in [4.69, 9.17) is 11.6 Å². The number of halogens is 2. The Labute approximate surface area is 111 Å². The average molecular weight is 309 g/mol. The summed E-state index contributed by atoms with van der Waals surface area (Å²) >= 11 is 9.23. The fraction of sp³-hybridized carbons (Fsp3) is 0. The van der Waals surface area contributed by atoms with Crippen LogP contribution in [-0.2, 0) is 0 Å². The zero-order valence-electron chi connectivity index (χ0n) is 8.64. The predicted octanol–water partition coefficient (Wildman–Crippen LogP) is 3.81. The highest BCUT2D eigenvalue weighted by atomic mass is 79.9. The largest absolute Gasteiger partial charge is 0.243 e. The first-order valence-corrected chi connectivity index (χ1v) is 6.18. The van der Waals surface area contributed by atoms with Gasteiger partial charge in [0.15, 0.2) is 5.65 Å². The van der Waals surface area contributed by atoms with Gasteiger partial charge >= 0.3 is 0 Å². The molecule has 0 fully saturated rings. The van der Waals surface area contributed by atoms with Crippen LogP contribution in [0.5, 0.6) is 0 Å². The van der Waals surface area contributed by atoms with Gasteiger partial charge in [0.1, 0.15) is 0 Å². The van der Waals surface area contributed by atoms with Gasteiger partial charge in [0.05, 0.1) is 0 Å². The SMILES string of the molecule is Clc1nc2c(-c3ccc(Br)cc3)cccn2n1. The second-order valence-electron chi connectivity index (χ2n) is 3.58. The molecule has 2 heterocycles. The van der Waals surface area contributed by atoms with E-state index in [2.05, 4.69) is 26.0 Å². The van der Waals surface area contributed by atoms with E-state index in [1.54, 1.807) is 4.52 Å². The zero-order chi connectivity index (χ0) is 11.8. The maximum atomic E-state index is 5.82. The summed E-state index contributed by atoms with van der Waals surface area (Å²) in [5.74, 6) is 0. The Hall–Kier alpha value is -1.39. The quantitative estimate of drug-likeness (QED) is 0.684. The topological polar surface area (TPSA) is 30.2 Å². The summed E-state index contributed by atoms with van der Waals surface area (Å²) in [7, 11) is 0. The number of nitrogens with zero attached hydrogens (tertiary/aromatic N) is 3. The van der Waals surface area contributed by atoms with Crippen molar-refractivity contribution in [2.75, 3.05) is 0 Å². The number of benzene rings is 1. The number of hydrogen-bond acceptors (Lipinski definition) is 2. The number of pyridine rings is 1. The normalized spacial score (nSPS) is 10.9. The molecule has 0 saturated carbocycles. The molecule has 3 rings (SSSR count). The molecule has 3 aromatic rings. The van der Waals surface area contributed by atoms with Gasteiger partial charge in [0.25, 0.3) is 0 Å². The summed E-state index contributed by atoms with van der Waals surface area (Å²) in [5.41, 5.74) is 2.86. The standard InChI is InChI=1S/C12H7BrClN3/c13-9-5-3-8(4-6-9)10-2-1-7-17-11(10)15-12(14)16-17/h1-7H. The van der Waals surface area contributed by atoms with Crippen molar-refractivity contribution in [1.29, 1.82) is 0 Å². The molecule has 0 N–H and O–H groups in total.